The van der Waals surface area contributed by atoms with Crippen molar-refractivity contribution in [2.24, 2.45) is 0 Å². The number of rotatable bonds is 4. The van der Waals surface area contributed by atoms with Crippen LogP contribution < -0.4 is 5.32 Å². The molecule has 2 rings (SSSR count). The van der Waals surface area contributed by atoms with Crippen LogP contribution in [-0.4, -0.2) is 21.4 Å². The van der Waals surface area contributed by atoms with Crippen LogP contribution in [0.4, 0.5) is 5.13 Å². The molecule has 0 saturated carbocycles. The summed E-state index contributed by atoms with van der Waals surface area (Å²) in [7, 11) is 0. The lowest BCUT2D eigenvalue weighted by atomic mass is 10.2. The molecule has 0 saturated heterocycles. The van der Waals surface area contributed by atoms with Gasteiger partial charge in [0.2, 0.25) is 5.13 Å². The highest BCUT2D eigenvalue weighted by Gasteiger charge is 2.12. The summed E-state index contributed by atoms with van der Waals surface area (Å²) in [6.07, 6.45) is 0.791. The zero-order valence-electron chi connectivity index (χ0n) is 9.19. The van der Waals surface area contributed by atoms with E-state index in [4.69, 9.17) is 11.6 Å². The van der Waals surface area contributed by atoms with Crippen molar-refractivity contribution in [2.45, 2.75) is 6.42 Å². The van der Waals surface area contributed by atoms with Gasteiger partial charge >= 0.3 is 0 Å². The molecule has 0 aliphatic carbocycles. The van der Waals surface area contributed by atoms with Gasteiger partial charge in [-0.2, -0.15) is 0 Å². The summed E-state index contributed by atoms with van der Waals surface area (Å²) in [5.41, 5.74) is 0.427. The molecule has 94 valence electrons. The van der Waals surface area contributed by atoms with Crippen molar-refractivity contribution < 1.29 is 4.79 Å². The third-order valence-electron chi connectivity index (χ3n) is 2.11. The van der Waals surface area contributed by atoms with E-state index in [1.165, 1.54) is 11.3 Å². The highest BCUT2D eigenvalue weighted by Crippen LogP contribution is 2.20. The molecule has 0 bridgehead atoms. The molecule has 0 spiro atoms. The SMILES string of the molecule is O=C(Nc1nnc(CCBr)s1)c1ccccc1Cl. The van der Waals surface area contributed by atoms with Crippen molar-refractivity contribution in [1.29, 1.82) is 0 Å². The minimum absolute atomic E-state index is 0.276. The fourth-order valence-electron chi connectivity index (χ4n) is 1.30. The normalized spacial score (nSPS) is 10.3. The maximum absolute atomic E-state index is 11.9. The van der Waals surface area contributed by atoms with E-state index in [1.807, 2.05) is 0 Å². The maximum atomic E-state index is 11.9. The first-order valence-electron chi connectivity index (χ1n) is 5.15. The largest absolute Gasteiger partial charge is 0.296 e. The van der Waals surface area contributed by atoms with Crippen LogP contribution in [0.15, 0.2) is 24.3 Å². The summed E-state index contributed by atoms with van der Waals surface area (Å²) in [6.45, 7) is 0. The van der Waals surface area contributed by atoms with Crippen molar-refractivity contribution in [3.63, 3.8) is 0 Å². The average Bonchev–Trinajstić information content (AvgIpc) is 2.77. The lowest BCUT2D eigenvalue weighted by molar-refractivity contribution is 0.102. The Balaban J connectivity index is 2.09. The molecule has 0 radical (unpaired) electrons. The van der Waals surface area contributed by atoms with E-state index >= 15 is 0 Å². The molecule has 0 unspecified atom stereocenters. The van der Waals surface area contributed by atoms with Crippen LogP contribution in [0.2, 0.25) is 5.02 Å². The van der Waals surface area contributed by atoms with E-state index in [1.54, 1.807) is 24.3 Å². The van der Waals surface area contributed by atoms with Crippen molar-refractivity contribution in [1.82, 2.24) is 10.2 Å². The van der Waals surface area contributed by atoms with Crippen molar-refractivity contribution >= 4 is 49.9 Å². The molecule has 1 N–H and O–H groups in total. The Labute approximate surface area is 122 Å². The van der Waals surface area contributed by atoms with Gasteiger partial charge < -0.3 is 0 Å². The topological polar surface area (TPSA) is 54.9 Å². The van der Waals surface area contributed by atoms with Gasteiger partial charge in [-0.05, 0) is 12.1 Å². The number of aromatic nitrogens is 2. The lowest BCUT2D eigenvalue weighted by Crippen LogP contribution is -2.12. The maximum Gasteiger partial charge on any atom is 0.259 e. The third kappa shape index (κ3) is 3.28. The van der Waals surface area contributed by atoms with E-state index in [2.05, 4.69) is 31.4 Å². The molecule has 2 aromatic rings. The van der Waals surface area contributed by atoms with Gasteiger partial charge in [-0.15, -0.1) is 10.2 Å². The average molecular weight is 347 g/mol. The van der Waals surface area contributed by atoms with Crippen LogP contribution >= 0.6 is 38.9 Å². The van der Waals surface area contributed by atoms with Crippen LogP contribution in [0, 0.1) is 0 Å². The molecule has 1 heterocycles. The summed E-state index contributed by atoms with van der Waals surface area (Å²) >= 11 is 10.6. The number of nitrogens with one attached hydrogen (secondary N) is 1. The molecule has 0 aliphatic heterocycles. The van der Waals surface area contributed by atoms with Crippen LogP contribution in [0.1, 0.15) is 15.4 Å². The fourth-order valence-corrected chi connectivity index (χ4v) is 2.89. The van der Waals surface area contributed by atoms with Crippen molar-refractivity contribution in [3.8, 4) is 0 Å². The minimum atomic E-state index is -0.276. The monoisotopic (exact) mass is 345 g/mol. The van der Waals surface area contributed by atoms with Gasteiger partial charge in [-0.1, -0.05) is 51.0 Å². The molecule has 1 aromatic carbocycles. The fraction of sp³-hybridized carbons (Fsp3) is 0.182. The quantitative estimate of drug-likeness (QED) is 0.864. The second-order valence-electron chi connectivity index (χ2n) is 3.37. The first-order valence-corrected chi connectivity index (χ1v) is 7.46. The van der Waals surface area contributed by atoms with Crippen molar-refractivity contribution in [3.05, 3.63) is 39.9 Å². The molecule has 7 heteroatoms. The van der Waals surface area contributed by atoms with Gasteiger partial charge in [0, 0.05) is 11.8 Å². The molecule has 18 heavy (non-hydrogen) atoms. The Morgan fingerprint density at radius 1 is 1.39 bits per heavy atom. The van der Waals surface area contributed by atoms with Gasteiger partial charge in [0.25, 0.3) is 5.91 Å². The minimum Gasteiger partial charge on any atom is -0.296 e. The molecule has 1 aromatic heterocycles. The number of nitrogens with zero attached hydrogens (tertiary/aromatic N) is 2. The number of halogens is 2. The Hall–Kier alpha value is -0.980. The Morgan fingerprint density at radius 2 is 2.17 bits per heavy atom. The van der Waals surface area contributed by atoms with Crippen LogP contribution in [0.3, 0.4) is 0 Å². The zero-order chi connectivity index (χ0) is 13.0. The summed E-state index contributed by atoms with van der Waals surface area (Å²) < 4.78 is 0. The van der Waals surface area contributed by atoms with E-state index in [9.17, 15) is 4.79 Å². The first-order chi connectivity index (χ1) is 8.70. The first kappa shape index (κ1) is 13.5. The smallest absolute Gasteiger partial charge is 0.259 e. The van der Waals surface area contributed by atoms with E-state index in [-0.39, 0.29) is 5.91 Å². The van der Waals surface area contributed by atoms with E-state index < -0.39 is 0 Å². The van der Waals surface area contributed by atoms with E-state index in [0.29, 0.717) is 15.7 Å². The Bertz CT molecular complexity index is 561. The number of benzene rings is 1. The summed E-state index contributed by atoms with van der Waals surface area (Å²) in [5, 5.41) is 13.1. The van der Waals surface area contributed by atoms with Gasteiger partial charge in [0.15, 0.2) is 0 Å². The van der Waals surface area contributed by atoms with Gasteiger partial charge in [0.1, 0.15) is 5.01 Å². The number of hydrogen-bond acceptors (Lipinski definition) is 4. The predicted octanol–water partition coefficient (Wildman–Crippen LogP) is 3.38. The van der Waals surface area contributed by atoms with Crippen molar-refractivity contribution in [2.75, 3.05) is 10.6 Å². The number of aryl methyl sites for hydroxylation is 1. The highest BCUT2D eigenvalue weighted by atomic mass is 79.9. The summed E-state index contributed by atoms with van der Waals surface area (Å²) in [6, 6.07) is 6.88. The molecular weight excluding hydrogens is 338 g/mol. The molecule has 0 aliphatic rings. The molecule has 0 atom stereocenters. The molecule has 0 fully saturated rings. The number of anilines is 1. The molecule has 1 amide bonds. The third-order valence-corrected chi connectivity index (χ3v) is 3.74. The van der Waals surface area contributed by atoms with E-state index in [0.717, 1.165) is 16.8 Å². The second-order valence-corrected chi connectivity index (χ2v) is 5.64. The Kier molecular flexibility index (Phi) is 4.68. The van der Waals surface area contributed by atoms with Gasteiger partial charge in [-0.3, -0.25) is 10.1 Å². The lowest BCUT2D eigenvalue weighted by Gasteiger charge is -2.02. The number of carbonyl (C=O) groups is 1. The Morgan fingerprint density at radius 3 is 2.89 bits per heavy atom. The number of alkyl halides is 1. The van der Waals surface area contributed by atoms with Gasteiger partial charge in [0.05, 0.1) is 10.6 Å². The van der Waals surface area contributed by atoms with Gasteiger partial charge in [-0.25, -0.2) is 0 Å². The summed E-state index contributed by atoms with van der Waals surface area (Å²) in [4.78, 5) is 11.9. The standard InChI is InChI=1S/C11H9BrClN3OS/c12-6-5-9-15-16-11(18-9)14-10(17)7-3-1-2-4-8(7)13/h1-4H,5-6H2,(H,14,16,17). The van der Waals surface area contributed by atoms with Crippen LogP contribution in [0.25, 0.3) is 0 Å². The van der Waals surface area contributed by atoms with Crippen LogP contribution in [0.5, 0.6) is 0 Å². The number of carbonyl (C=O) groups excluding carboxylic acids is 1. The number of amides is 1. The number of hydrogen-bond donors (Lipinski definition) is 1. The zero-order valence-corrected chi connectivity index (χ0v) is 12.3. The van der Waals surface area contributed by atoms with Crippen LogP contribution in [-0.2, 0) is 6.42 Å². The molecule has 4 nitrogen and oxygen atoms in total. The predicted molar refractivity (Wildman–Crippen MR) is 76.8 cm³/mol. The second kappa shape index (κ2) is 6.26. The summed E-state index contributed by atoms with van der Waals surface area (Å²) in [5.74, 6) is -0.276. The highest BCUT2D eigenvalue weighted by molar-refractivity contribution is 9.09. The molecular formula is C11H9BrClN3OS.